The molecule has 0 heterocycles. The first-order valence-electron chi connectivity index (χ1n) is 1.94. The second-order valence-electron chi connectivity index (χ2n) is 2.34. The first-order valence-corrected chi connectivity index (χ1v) is 3.95. The van der Waals surface area contributed by atoms with Gasteiger partial charge in [-0.05, 0) is 13.1 Å². The van der Waals surface area contributed by atoms with Gasteiger partial charge in [0, 0.05) is 20.4 Å². The summed E-state index contributed by atoms with van der Waals surface area (Å²) in [6, 6.07) is 0. The first-order chi connectivity index (χ1) is 2.56. The fourth-order valence-corrected chi connectivity index (χ4v) is 0. The summed E-state index contributed by atoms with van der Waals surface area (Å²) in [6.45, 7) is 6.37. The molecule has 0 bridgehead atoms. The molecular weight excluding hydrogens is 221 g/mol. The van der Waals surface area contributed by atoms with Crippen LogP contribution >= 0.6 is 19.2 Å². The van der Waals surface area contributed by atoms with Crippen LogP contribution < -0.4 is 0 Å². The molecule has 0 aliphatic heterocycles. The summed E-state index contributed by atoms with van der Waals surface area (Å²) in [6.07, 6.45) is 0. The van der Waals surface area contributed by atoms with E-state index in [4.69, 9.17) is 11.2 Å². The molecule has 3 heteroatoms. The van der Waals surface area contributed by atoms with Crippen LogP contribution in [0.15, 0.2) is 0 Å². The Hall–Kier alpha value is 1.38. The quantitative estimate of drug-likeness (QED) is 0.444. The average molecular weight is 231 g/mol. The van der Waals surface area contributed by atoms with Crippen molar-refractivity contribution < 1.29 is 20.4 Å². The molecule has 0 rings (SSSR count). The standard InChI is InChI=1S/C4H10ClP.Pd/c1-4(2,3)6-5;/h6H,1-3H3;. The second-order valence-corrected chi connectivity index (χ2v) is 4.60. The molecule has 1 unspecified atom stereocenters. The van der Waals surface area contributed by atoms with E-state index < -0.39 is 0 Å². The van der Waals surface area contributed by atoms with E-state index >= 15 is 0 Å². The minimum Gasteiger partial charge on any atom is -0.0995 e. The smallest absolute Gasteiger partial charge is 0 e. The normalized spacial score (nSPS) is 12.0. The molecule has 0 saturated carbocycles. The summed E-state index contributed by atoms with van der Waals surface area (Å²) in [7, 11) is 0.539. The Morgan fingerprint density at radius 2 is 1.43 bits per heavy atom. The molecule has 0 aromatic carbocycles. The summed E-state index contributed by atoms with van der Waals surface area (Å²) in [5.41, 5.74) is 0. The number of rotatable bonds is 0. The largest absolute Gasteiger partial charge is 0.0995 e. The van der Waals surface area contributed by atoms with Crippen LogP contribution in [-0.2, 0) is 20.4 Å². The Morgan fingerprint density at radius 1 is 1.29 bits per heavy atom. The van der Waals surface area contributed by atoms with Gasteiger partial charge in [0.05, 0.1) is 0 Å². The van der Waals surface area contributed by atoms with Gasteiger partial charge >= 0.3 is 0 Å². The molecule has 0 spiro atoms. The van der Waals surface area contributed by atoms with Gasteiger partial charge in [-0.1, -0.05) is 32.0 Å². The van der Waals surface area contributed by atoms with Gasteiger partial charge in [-0.2, -0.15) is 0 Å². The van der Waals surface area contributed by atoms with Crippen LogP contribution in [0.3, 0.4) is 0 Å². The van der Waals surface area contributed by atoms with Gasteiger partial charge in [0.2, 0.25) is 0 Å². The van der Waals surface area contributed by atoms with Gasteiger partial charge in [0.25, 0.3) is 0 Å². The molecule has 0 aliphatic rings. The van der Waals surface area contributed by atoms with Crippen molar-refractivity contribution in [3.63, 3.8) is 0 Å². The summed E-state index contributed by atoms with van der Waals surface area (Å²) in [4.78, 5) is 0. The van der Waals surface area contributed by atoms with Gasteiger partial charge < -0.3 is 0 Å². The van der Waals surface area contributed by atoms with Crippen LogP contribution in [0.25, 0.3) is 0 Å². The summed E-state index contributed by atoms with van der Waals surface area (Å²) in [5.74, 6) is 0. The zero-order chi connectivity index (χ0) is 5.21. The van der Waals surface area contributed by atoms with E-state index in [1.165, 1.54) is 0 Å². The van der Waals surface area contributed by atoms with Gasteiger partial charge in [-0.25, -0.2) is 0 Å². The molecule has 48 valence electrons. The van der Waals surface area contributed by atoms with Gasteiger partial charge in [0.1, 0.15) is 0 Å². The summed E-state index contributed by atoms with van der Waals surface area (Å²) in [5, 5.41) is 0.335. The van der Waals surface area contributed by atoms with Crippen molar-refractivity contribution in [2.75, 3.05) is 0 Å². The van der Waals surface area contributed by atoms with Crippen molar-refractivity contribution >= 4 is 19.2 Å². The van der Waals surface area contributed by atoms with E-state index in [0.29, 0.717) is 13.1 Å². The summed E-state index contributed by atoms with van der Waals surface area (Å²) >= 11 is 5.51. The molecular formula is C4H10ClPPd. The Morgan fingerprint density at radius 3 is 1.43 bits per heavy atom. The maximum atomic E-state index is 5.51. The van der Waals surface area contributed by atoms with E-state index in [-0.39, 0.29) is 20.4 Å². The fraction of sp³-hybridized carbons (Fsp3) is 1.00. The number of hydrogen-bond acceptors (Lipinski definition) is 0. The zero-order valence-corrected chi connectivity index (χ0v) is 8.00. The van der Waals surface area contributed by atoms with Gasteiger partial charge in [-0.3, -0.25) is 0 Å². The fourth-order valence-electron chi connectivity index (χ4n) is 0. The molecule has 0 aliphatic carbocycles. The minimum absolute atomic E-state index is 0. The van der Waals surface area contributed by atoms with E-state index in [9.17, 15) is 0 Å². The van der Waals surface area contributed by atoms with Crippen molar-refractivity contribution in [2.24, 2.45) is 0 Å². The monoisotopic (exact) mass is 230 g/mol. The second kappa shape index (κ2) is 4.28. The van der Waals surface area contributed by atoms with Crippen molar-refractivity contribution in [1.29, 1.82) is 0 Å². The molecule has 0 aromatic heterocycles. The first kappa shape index (κ1) is 11.2. The topological polar surface area (TPSA) is 0 Å². The molecule has 0 radical (unpaired) electrons. The Bertz CT molecular complexity index is 41.4. The third-order valence-electron chi connectivity index (χ3n) is 0.283. The van der Waals surface area contributed by atoms with Crippen LogP contribution in [0.1, 0.15) is 20.8 Å². The Balaban J connectivity index is 0. The van der Waals surface area contributed by atoms with Gasteiger partial charge in [-0.15, -0.1) is 0 Å². The minimum atomic E-state index is 0. The molecule has 7 heavy (non-hydrogen) atoms. The van der Waals surface area contributed by atoms with Crippen LogP contribution in [0.5, 0.6) is 0 Å². The SMILES string of the molecule is CC(C)(C)PCl.[Pd]. The van der Waals surface area contributed by atoms with E-state index in [0.717, 1.165) is 0 Å². The summed E-state index contributed by atoms with van der Waals surface area (Å²) < 4.78 is 0. The Labute approximate surface area is 65.6 Å². The molecule has 0 fully saturated rings. The maximum Gasteiger partial charge on any atom is 0 e. The number of halogens is 1. The third kappa shape index (κ3) is 11.1. The predicted molar refractivity (Wildman–Crippen MR) is 33.9 cm³/mol. The maximum absolute atomic E-state index is 5.51. The molecule has 0 aromatic rings. The Kier molecular flexibility index (Phi) is 6.86. The molecule has 0 N–H and O–H groups in total. The van der Waals surface area contributed by atoms with Crippen molar-refractivity contribution in [3.05, 3.63) is 0 Å². The average Bonchev–Trinajstić information content (AvgIpc) is 1.35. The molecule has 0 saturated heterocycles. The number of hydrogen-bond donors (Lipinski definition) is 0. The molecule has 1 atom stereocenters. The molecule has 0 amide bonds. The van der Waals surface area contributed by atoms with Gasteiger partial charge in [0.15, 0.2) is 0 Å². The van der Waals surface area contributed by atoms with Crippen LogP contribution in [0.4, 0.5) is 0 Å². The van der Waals surface area contributed by atoms with E-state index in [2.05, 4.69) is 20.8 Å². The predicted octanol–water partition coefficient (Wildman–Crippen LogP) is 2.61. The van der Waals surface area contributed by atoms with E-state index in [1.807, 2.05) is 0 Å². The molecule has 0 nitrogen and oxygen atoms in total. The van der Waals surface area contributed by atoms with Crippen molar-refractivity contribution in [1.82, 2.24) is 0 Å². The third-order valence-corrected chi connectivity index (χ3v) is 2.55. The van der Waals surface area contributed by atoms with Crippen LogP contribution in [0, 0.1) is 0 Å². The zero-order valence-electron chi connectivity index (χ0n) is 4.69. The van der Waals surface area contributed by atoms with Crippen LogP contribution in [0.2, 0.25) is 0 Å². The van der Waals surface area contributed by atoms with Crippen molar-refractivity contribution in [3.8, 4) is 0 Å². The van der Waals surface area contributed by atoms with E-state index in [1.54, 1.807) is 0 Å². The van der Waals surface area contributed by atoms with Crippen molar-refractivity contribution in [2.45, 2.75) is 25.9 Å². The van der Waals surface area contributed by atoms with Crippen LogP contribution in [-0.4, -0.2) is 5.16 Å².